The Hall–Kier alpha value is -4.00. The summed E-state index contributed by atoms with van der Waals surface area (Å²) in [6.07, 6.45) is 6.25. The highest BCUT2D eigenvalue weighted by molar-refractivity contribution is 6.00. The van der Waals surface area contributed by atoms with E-state index in [1.54, 1.807) is 24.8 Å². The molecule has 7 heteroatoms. The molecule has 2 N–H and O–H groups in total. The lowest BCUT2D eigenvalue weighted by atomic mass is 10.2. The number of aryl methyl sites for hydroxylation is 1. The van der Waals surface area contributed by atoms with E-state index < -0.39 is 0 Å². The highest BCUT2D eigenvalue weighted by atomic mass is 16.1. The number of rotatable bonds is 5. The van der Waals surface area contributed by atoms with Gasteiger partial charge in [0.15, 0.2) is 11.6 Å². The van der Waals surface area contributed by atoms with Crippen LogP contribution in [0.15, 0.2) is 73.8 Å². The van der Waals surface area contributed by atoms with Gasteiger partial charge in [-0.05, 0) is 42.8 Å². The van der Waals surface area contributed by atoms with Crippen LogP contribution in [0.3, 0.4) is 0 Å². The molecule has 0 aliphatic heterocycles. The maximum atomic E-state index is 11.6. The summed E-state index contributed by atoms with van der Waals surface area (Å²) >= 11 is 0. The van der Waals surface area contributed by atoms with Gasteiger partial charge in [0.25, 0.3) is 0 Å². The second kappa shape index (κ2) is 7.32. The van der Waals surface area contributed by atoms with Crippen LogP contribution in [0, 0.1) is 6.92 Å². The smallest absolute Gasteiger partial charge is 0.247 e. The molecule has 0 saturated carbocycles. The predicted molar refractivity (Wildman–Crippen MR) is 110 cm³/mol. The van der Waals surface area contributed by atoms with E-state index in [1.165, 1.54) is 6.08 Å². The summed E-state index contributed by atoms with van der Waals surface area (Å²) in [5.41, 5.74) is 4.34. The average molecular weight is 370 g/mol. The number of imidazole rings is 1. The Morgan fingerprint density at radius 2 is 2.04 bits per heavy atom. The fourth-order valence-electron chi connectivity index (χ4n) is 2.84. The summed E-state index contributed by atoms with van der Waals surface area (Å²) in [5, 5.41) is 6.05. The van der Waals surface area contributed by atoms with Gasteiger partial charge in [-0.2, -0.15) is 0 Å². The van der Waals surface area contributed by atoms with Crippen molar-refractivity contribution in [2.24, 2.45) is 0 Å². The van der Waals surface area contributed by atoms with Crippen molar-refractivity contribution >= 4 is 34.1 Å². The van der Waals surface area contributed by atoms with Crippen LogP contribution in [0.4, 0.5) is 17.2 Å². The molecule has 1 amide bonds. The van der Waals surface area contributed by atoms with Crippen LogP contribution in [0.25, 0.3) is 16.9 Å². The minimum atomic E-state index is -0.269. The number of fused-ring (bicyclic) bond motifs is 1. The predicted octanol–water partition coefficient (Wildman–Crippen LogP) is 3.99. The van der Waals surface area contributed by atoms with Gasteiger partial charge in [-0.15, -0.1) is 0 Å². The summed E-state index contributed by atoms with van der Waals surface area (Å²) in [6, 6.07) is 13.5. The molecule has 2 aromatic carbocycles. The van der Waals surface area contributed by atoms with Crippen molar-refractivity contribution < 1.29 is 4.79 Å². The summed E-state index contributed by atoms with van der Waals surface area (Å²) < 4.78 is 1.83. The van der Waals surface area contributed by atoms with Crippen LogP contribution < -0.4 is 10.6 Å². The zero-order chi connectivity index (χ0) is 19.5. The van der Waals surface area contributed by atoms with Crippen LogP contribution in [0.1, 0.15) is 5.56 Å². The standard InChI is InChI=1S/C21H18N6O/c1-3-21(28)24-15-8-9-17-18(10-15)27(13-23-17)20-12-22-11-19(26-20)25-16-7-5-4-6-14(16)2/h3-13H,1H2,2H3,(H,24,28)(H,25,26). The van der Waals surface area contributed by atoms with Crippen LogP contribution in [0.2, 0.25) is 0 Å². The first-order chi connectivity index (χ1) is 13.6. The third-order valence-electron chi connectivity index (χ3n) is 4.28. The highest BCUT2D eigenvalue weighted by Gasteiger charge is 2.09. The van der Waals surface area contributed by atoms with Crippen molar-refractivity contribution in [2.45, 2.75) is 6.92 Å². The third-order valence-corrected chi connectivity index (χ3v) is 4.28. The molecule has 0 aliphatic rings. The van der Waals surface area contributed by atoms with Crippen LogP contribution >= 0.6 is 0 Å². The van der Waals surface area contributed by atoms with E-state index in [1.807, 2.05) is 47.9 Å². The van der Waals surface area contributed by atoms with Crippen LogP contribution in [0.5, 0.6) is 0 Å². The molecule has 138 valence electrons. The minimum Gasteiger partial charge on any atom is -0.339 e. The number of hydrogen-bond acceptors (Lipinski definition) is 5. The first kappa shape index (κ1) is 17.4. The lowest BCUT2D eigenvalue weighted by molar-refractivity contribution is -0.111. The lowest BCUT2D eigenvalue weighted by Crippen LogP contribution is -2.07. The molecule has 0 atom stereocenters. The van der Waals surface area contributed by atoms with E-state index >= 15 is 0 Å². The van der Waals surface area contributed by atoms with Crippen LogP contribution in [-0.2, 0) is 4.79 Å². The number of aromatic nitrogens is 4. The molecule has 0 fully saturated rings. The Bertz CT molecular complexity index is 1180. The zero-order valence-corrected chi connectivity index (χ0v) is 15.3. The van der Waals surface area contributed by atoms with E-state index in [4.69, 9.17) is 0 Å². The first-order valence-corrected chi connectivity index (χ1v) is 8.69. The Labute approximate surface area is 161 Å². The van der Waals surface area contributed by atoms with Gasteiger partial charge in [0.2, 0.25) is 5.91 Å². The Kier molecular flexibility index (Phi) is 4.55. The summed E-state index contributed by atoms with van der Waals surface area (Å²) in [6.45, 7) is 5.50. The lowest BCUT2D eigenvalue weighted by Gasteiger charge is -2.10. The number of carbonyl (C=O) groups is 1. The quantitative estimate of drug-likeness (QED) is 0.519. The van der Waals surface area contributed by atoms with E-state index in [9.17, 15) is 4.79 Å². The normalized spacial score (nSPS) is 10.6. The molecule has 0 aliphatic carbocycles. The topological polar surface area (TPSA) is 84.7 Å². The number of hydrogen-bond donors (Lipinski definition) is 2. The van der Waals surface area contributed by atoms with Gasteiger partial charge in [0.05, 0.1) is 23.4 Å². The van der Waals surface area contributed by atoms with Crippen molar-refractivity contribution in [1.82, 2.24) is 19.5 Å². The Balaban J connectivity index is 1.70. The Morgan fingerprint density at radius 1 is 1.18 bits per heavy atom. The SMILES string of the molecule is C=CC(=O)Nc1ccc2ncn(-c3cncc(Nc4ccccc4C)n3)c2c1. The molecule has 2 heterocycles. The number of anilines is 3. The van der Waals surface area contributed by atoms with Gasteiger partial charge < -0.3 is 10.6 Å². The molecule has 28 heavy (non-hydrogen) atoms. The minimum absolute atomic E-state index is 0.269. The van der Waals surface area contributed by atoms with Crippen molar-refractivity contribution in [3.05, 3.63) is 79.4 Å². The second-order valence-electron chi connectivity index (χ2n) is 6.21. The highest BCUT2D eigenvalue weighted by Crippen LogP contribution is 2.23. The van der Waals surface area contributed by atoms with Gasteiger partial charge in [-0.1, -0.05) is 24.8 Å². The van der Waals surface area contributed by atoms with Crippen LogP contribution in [-0.4, -0.2) is 25.4 Å². The van der Waals surface area contributed by atoms with Crippen molar-refractivity contribution in [1.29, 1.82) is 0 Å². The fourth-order valence-corrected chi connectivity index (χ4v) is 2.84. The maximum absolute atomic E-state index is 11.6. The van der Waals surface area contributed by atoms with Gasteiger partial charge >= 0.3 is 0 Å². The molecule has 4 rings (SSSR count). The van der Waals surface area contributed by atoms with Crippen molar-refractivity contribution in [3.63, 3.8) is 0 Å². The number of para-hydroxylation sites is 1. The average Bonchev–Trinajstić information content (AvgIpc) is 3.13. The molecule has 4 aromatic rings. The van der Waals surface area contributed by atoms with E-state index in [2.05, 4.69) is 32.2 Å². The molecular weight excluding hydrogens is 352 g/mol. The van der Waals surface area contributed by atoms with E-state index in [0.717, 1.165) is 22.3 Å². The van der Waals surface area contributed by atoms with E-state index in [0.29, 0.717) is 17.3 Å². The number of nitrogens with zero attached hydrogens (tertiary/aromatic N) is 4. The molecule has 7 nitrogen and oxygen atoms in total. The van der Waals surface area contributed by atoms with Gasteiger partial charge in [0.1, 0.15) is 6.33 Å². The van der Waals surface area contributed by atoms with Crippen molar-refractivity contribution in [2.75, 3.05) is 10.6 Å². The molecule has 0 bridgehead atoms. The molecule has 0 unspecified atom stereocenters. The molecular formula is C21H18N6O. The summed E-state index contributed by atoms with van der Waals surface area (Å²) in [7, 11) is 0. The molecule has 0 spiro atoms. The monoisotopic (exact) mass is 370 g/mol. The first-order valence-electron chi connectivity index (χ1n) is 8.69. The zero-order valence-electron chi connectivity index (χ0n) is 15.3. The van der Waals surface area contributed by atoms with Gasteiger partial charge in [-0.3, -0.25) is 14.3 Å². The third kappa shape index (κ3) is 3.45. The Morgan fingerprint density at radius 3 is 2.86 bits per heavy atom. The summed E-state index contributed by atoms with van der Waals surface area (Å²) in [5.74, 6) is 0.979. The molecule has 2 aromatic heterocycles. The fraction of sp³-hybridized carbons (Fsp3) is 0.0476. The maximum Gasteiger partial charge on any atom is 0.247 e. The molecule has 0 saturated heterocycles. The largest absolute Gasteiger partial charge is 0.339 e. The number of benzene rings is 2. The van der Waals surface area contributed by atoms with Crippen molar-refractivity contribution in [3.8, 4) is 5.82 Å². The molecule has 0 radical (unpaired) electrons. The number of nitrogens with one attached hydrogen (secondary N) is 2. The van der Waals surface area contributed by atoms with E-state index in [-0.39, 0.29) is 5.91 Å². The number of amides is 1. The van der Waals surface area contributed by atoms with Gasteiger partial charge in [-0.25, -0.2) is 9.97 Å². The second-order valence-corrected chi connectivity index (χ2v) is 6.21. The summed E-state index contributed by atoms with van der Waals surface area (Å²) in [4.78, 5) is 24.9. The van der Waals surface area contributed by atoms with Gasteiger partial charge in [0, 0.05) is 11.4 Å². The number of carbonyl (C=O) groups excluding carboxylic acids is 1.